The normalized spacial score (nSPS) is 19.2. The Morgan fingerprint density at radius 1 is 1.48 bits per heavy atom. The average Bonchev–Trinajstić information content (AvgIpc) is 2.42. The first kappa shape index (κ1) is 15.2. The number of likely N-dealkylation sites (N-methyl/N-ethyl adjacent to an activating group) is 1. The first-order chi connectivity index (χ1) is 9.81. The van der Waals surface area contributed by atoms with Crippen molar-refractivity contribution < 1.29 is 14.5 Å². The molecule has 0 N–H and O–H groups in total. The molecule has 0 aliphatic carbocycles. The standard InChI is InChI=1S/C14H19N3O4/c1-9(15(3)4)8-16-12-7-11(17(19)20)5-6-13(12)21-10(2)14(16)18/h5-7,9-10H,8H2,1-4H3. The number of carbonyl (C=O) groups excluding carboxylic acids is 1. The highest BCUT2D eigenvalue weighted by atomic mass is 16.6. The van der Waals surface area contributed by atoms with E-state index in [1.807, 2.05) is 25.9 Å². The van der Waals surface area contributed by atoms with Gasteiger partial charge in [-0.25, -0.2) is 0 Å². The Hall–Kier alpha value is -2.15. The number of anilines is 1. The second-order valence-corrected chi connectivity index (χ2v) is 5.43. The molecule has 1 heterocycles. The van der Waals surface area contributed by atoms with Gasteiger partial charge in [0.15, 0.2) is 6.10 Å². The Balaban J connectivity index is 2.42. The molecule has 1 aliphatic heterocycles. The van der Waals surface area contributed by atoms with Crippen molar-refractivity contribution in [3.8, 4) is 5.75 Å². The largest absolute Gasteiger partial charge is 0.479 e. The molecule has 0 aromatic heterocycles. The number of benzene rings is 1. The highest BCUT2D eigenvalue weighted by molar-refractivity contribution is 6.00. The first-order valence-corrected chi connectivity index (χ1v) is 6.74. The number of amides is 1. The number of non-ortho nitro benzene ring substituents is 1. The second-order valence-electron chi connectivity index (χ2n) is 5.43. The van der Waals surface area contributed by atoms with Crippen LogP contribution < -0.4 is 9.64 Å². The summed E-state index contributed by atoms with van der Waals surface area (Å²) in [5.74, 6) is 0.315. The van der Waals surface area contributed by atoms with Crippen molar-refractivity contribution in [1.82, 2.24) is 4.90 Å². The fraction of sp³-hybridized carbons (Fsp3) is 0.500. The molecule has 1 aromatic rings. The summed E-state index contributed by atoms with van der Waals surface area (Å²) in [6, 6.07) is 4.44. The number of rotatable bonds is 4. The van der Waals surface area contributed by atoms with Gasteiger partial charge in [-0.05, 0) is 34.0 Å². The summed E-state index contributed by atoms with van der Waals surface area (Å²) in [7, 11) is 3.85. The van der Waals surface area contributed by atoms with Gasteiger partial charge in [0.25, 0.3) is 11.6 Å². The van der Waals surface area contributed by atoms with Crippen molar-refractivity contribution >= 4 is 17.3 Å². The van der Waals surface area contributed by atoms with Gasteiger partial charge in [-0.1, -0.05) is 0 Å². The first-order valence-electron chi connectivity index (χ1n) is 6.74. The summed E-state index contributed by atoms with van der Waals surface area (Å²) in [5.41, 5.74) is 0.406. The van der Waals surface area contributed by atoms with E-state index in [1.54, 1.807) is 17.9 Å². The summed E-state index contributed by atoms with van der Waals surface area (Å²) >= 11 is 0. The molecule has 2 atom stereocenters. The van der Waals surface area contributed by atoms with Crippen LogP contribution in [-0.4, -0.2) is 48.5 Å². The zero-order valence-electron chi connectivity index (χ0n) is 12.6. The molecule has 0 spiro atoms. The lowest BCUT2D eigenvalue weighted by atomic mass is 10.1. The lowest BCUT2D eigenvalue weighted by Crippen LogP contribution is -2.49. The molecule has 7 heteroatoms. The van der Waals surface area contributed by atoms with Crippen molar-refractivity contribution in [1.29, 1.82) is 0 Å². The summed E-state index contributed by atoms with van der Waals surface area (Å²) < 4.78 is 5.52. The van der Waals surface area contributed by atoms with Crippen molar-refractivity contribution in [2.75, 3.05) is 25.5 Å². The zero-order valence-corrected chi connectivity index (χ0v) is 12.6. The predicted octanol–water partition coefficient (Wildman–Crippen LogP) is 1.66. The average molecular weight is 293 g/mol. The number of carbonyl (C=O) groups is 1. The SMILES string of the molecule is CC1Oc2ccc([N+](=O)[O-])cc2N(CC(C)N(C)C)C1=O. The fourth-order valence-electron chi connectivity index (χ4n) is 2.12. The van der Waals surface area contributed by atoms with Crippen LogP contribution in [-0.2, 0) is 4.79 Å². The fourth-order valence-corrected chi connectivity index (χ4v) is 2.12. The van der Waals surface area contributed by atoms with E-state index in [1.165, 1.54) is 12.1 Å². The van der Waals surface area contributed by atoms with Crippen LogP contribution in [0, 0.1) is 10.1 Å². The van der Waals surface area contributed by atoms with Crippen LogP contribution in [0.1, 0.15) is 13.8 Å². The van der Waals surface area contributed by atoms with Crippen molar-refractivity contribution in [3.63, 3.8) is 0 Å². The van der Waals surface area contributed by atoms with Crippen LogP contribution in [0.25, 0.3) is 0 Å². The van der Waals surface area contributed by atoms with Crippen LogP contribution in [0.2, 0.25) is 0 Å². The third-order valence-corrected chi connectivity index (χ3v) is 3.69. The number of hydrogen-bond donors (Lipinski definition) is 0. The molecule has 1 aliphatic rings. The highest BCUT2D eigenvalue weighted by Gasteiger charge is 2.33. The number of nitro benzene ring substituents is 1. The Morgan fingerprint density at radius 2 is 2.14 bits per heavy atom. The number of ether oxygens (including phenoxy) is 1. The number of nitrogens with zero attached hydrogens (tertiary/aromatic N) is 3. The quantitative estimate of drug-likeness (QED) is 0.623. The van der Waals surface area contributed by atoms with Crippen LogP contribution in [0.5, 0.6) is 5.75 Å². The molecule has 0 saturated heterocycles. The van der Waals surface area contributed by atoms with Crippen LogP contribution in [0.4, 0.5) is 11.4 Å². The van der Waals surface area contributed by atoms with Gasteiger partial charge in [-0.2, -0.15) is 0 Å². The lowest BCUT2D eigenvalue weighted by molar-refractivity contribution is -0.384. The summed E-state index contributed by atoms with van der Waals surface area (Å²) in [4.78, 5) is 26.3. The maximum atomic E-state index is 12.3. The number of fused-ring (bicyclic) bond motifs is 1. The molecular formula is C14H19N3O4. The zero-order chi connectivity index (χ0) is 15.7. The molecule has 0 fully saturated rings. The van der Waals surface area contributed by atoms with E-state index >= 15 is 0 Å². The maximum Gasteiger partial charge on any atom is 0.271 e. The minimum Gasteiger partial charge on any atom is -0.479 e. The van der Waals surface area contributed by atoms with Crippen molar-refractivity contribution in [2.24, 2.45) is 0 Å². The van der Waals surface area contributed by atoms with Gasteiger partial charge in [0.1, 0.15) is 5.75 Å². The predicted molar refractivity (Wildman–Crippen MR) is 78.7 cm³/mol. The van der Waals surface area contributed by atoms with Gasteiger partial charge in [-0.3, -0.25) is 14.9 Å². The van der Waals surface area contributed by atoms with Crippen molar-refractivity contribution in [3.05, 3.63) is 28.3 Å². The van der Waals surface area contributed by atoms with Crippen LogP contribution in [0.15, 0.2) is 18.2 Å². The minimum atomic E-state index is -0.590. The van der Waals surface area contributed by atoms with Gasteiger partial charge < -0.3 is 14.5 Å². The Kier molecular flexibility index (Phi) is 4.13. The van der Waals surface area contributed by atoms with E-state index in [0.717, 1.165) is 0 Å². The molecule has 7 nitrogen and oxygen atoms in total. The molecule has 1 amide bonds. The Bertz CT molecular complexity index is 573. The van der Waals surface area contributed by atoms with Gasteiger partial charge in [0, 0.05) is 24.7 Å². The van der Waals surface area contributed by atoms with E-state index in [9.17, 15) is 14.9 Å². The van der Waals surface area contributed by atoms with Gasteiger partial charge in [-0.15, -0.1) is 0 Å². The third kappa shape index (κ3) is 2.97. The van der Waals surface area contributed by atoms with Crippen molar-refractivity contribution in [2.45, 2.75) is 26.0 Å². The molecule has 2 rings (SSSR count). The van der Waals surface area contributed by atoms with Gasteiger partial charge >= 0.3 is 0 Å². The molecule has 0 bridgehead atoms. The van der Waals surface area contributed by atoms with E-state index < -0.39 is 11.0 Å². The molecule has 21 heavy (non-hydrogen) atoms. The second kappa shape index (κ2) is 5.69. The number of nitro groups is 1. The van der Waals surface area contributed by atoms with E-state index in [2.05, 4.69) is 0 Å². The highest BCUT2D eigenvalue weighted by Crippen LogP contribution is 2.37. The molecule has 1 aromatic carbocycles. The summed E-state index contributed by atoms with van der Waals surface area (Å²) in [6.07, 6.45) is -0.590. The van der Waals surface area contributed by atoms with E-state index in [4.69, 9.17) is 4.74 Å². The Morgan fingerprint density at radius 3 is 2.71 bits per heavy atom. The van der Waals surface area contributed by atoms with Crippen LogP contribution >= 0.6 is 0 Å². The third-order valence-electron chi connectivity index (χ3n) is 3.69. The smallest absolute Gasteiger partial charge is 0.271 e. The van der Waals surface area contributed by atoms with Crippen LogP contribution in [0.3, 0.4) is 0 Å². The van der Waals surface area contributed by atoms with E-state index in [-0.39, 0.29) is 17.6 Å². The molecule has 0 radical (unpaired) electrons. The monoisotopic (exact) mass is 293 g/mol. The minimum absolute atomic E-state index is 0.0535. The van der Waals surface area contributed by atoms with Gasteiger partial charge in [0.2, 0.25) is 0 Å². The molecular weight excluding hydrogens is 274 g/mol. The van der Waals surface area contributed by atoms with Gasteiger partial charge in [0.05, 0.1) is 10.6 Å². The topological polar surface area (TPSA) is 75.9 Å². The molecule has 0 saturated carbocycles. The molecule has 114 valence electrons. The Labute approximate surface area is 123 Å². The lowest BCUT2D eigenvalue weighted by Gasteiger charge is -2.35. The molecule has 2 unspecified atom stereocenters. The maximum absolute atomic E-state index is 12.3. The number of hydrogen-bond acceptors (Lipinski definition) is 5. The summed E-state index contributed by atoms with van der Waals surface area (Å²) in [6.45, 7) is 4.12. The van der Waals surface area contributed by atoms with E-state index in [0.29, 0.717) is 18.0 Å². The summed E-state index contributed by atoms with van der Waals surface area (Å²) in [5, 5.41) is 10.9.